The number of aryl methyl sites for hydroxylation is 3. The van der Waals surface area contributed by atoms with Gasteiger partial charge in [0.15, 0.2) is 0 Å². The van der Waals surface area contributed by atoms with E-state index in [-0.39, 0.29) is 5.91 Å². The van der Waals surface area contributed by atoms with Crippen LogP contribution in [0.15, 0.2) is 18.2 Å². The lowest BCUT2D eigenvalue weighted by molar-refractivity contribution is 0.1000. The van der Waals surface area contributed by atoms with Gasteiger partial charge in [0.05, 0.1) is 5.56 Å². The van der Waals surface area contributed by atoms with Gasteiger partial charge >= 0.3 is 0 Å². The number of carbonyl (C=O) groups is 2. The van der Waals surface area contributed by atoms with E-state index in [9.17, 15) is 9.59 Å². The van der Waals surface area contributed by atoms with Crippen molar-refractivity contribution in [2.45, 2.75) is 40.0 Å². The van der Waals surface area contributed by atoms with E-state index in [0.29, 0.717) is 22.0 Å². The van der Waals surface area contributed by atoms with Gasteiger partial charge in [-0.3, -0.25) is 9.59 Å². The molecule has 1 aromatic carbocycles. The quantitative estimate of drug-likeness (QED) is 0.889. The van der Waals surface area contributed by atoms with E-state index in [1.165, 1.54) is 16.2 Å². The summed E-state index contributed by atoms with van der Waals surface area (Å²) in [7, 11) is 0. The number of benzene rings is 1. The molecule has 24 heavy (non-hydrogen) atoms. The number of nitrogens with two attached hydrogens (primary N) is 1. The molecule has 0 saturated carbocycles. The third-order valence-corrected chi connectivity index (χ3v) is 5.96. The largest absolute Gasteiger partial charge is 0.365 e. The number of primary amides is 1. The summed E-state index contributed by atoms with van der Waals surface area (Å²) in [4.78, 5) is 25.7. The van der Waals surface area contributed by atoms with Gasteiger partial charge in [-0.1, -0.05) is 13.0 Å². The molecule has 5 heteroatoms. The fourth-order valence-corrected chi connectivity index (χ4v) is 4.41. The van der Waals surface area contributed by atoms with Crippen molar-refractivity contribution in [2.75, 3.05) is 5.32 Å². The van der Waals surface area contributed by atoms with Gasteiger partial charge in [-0.25, -0.2) is 0 Å². The standard InChI is InChI=1S/C19H22N2O2S/c1-10-4-7-15-14(8-10)16(17(20)22)19(24-15)21-18(23)13-6-5-11(2)12(3)9-13/h5-6,9-10H,4,7-8H2,1-3H3,(H2,20,22)(H,21,23). The zero-order valence-electron chi connectivity index (χ0n) is 14.2. The van der Waals surface area contributed by atoms with Crippen LogP contribution in [-0.2, 0) is 12.8 Å². The highest BCUT2D eigenvalue weighted by molar-refractivity contribution is 7.17. The van der Waals surface area contributed by atoms with Gasteiger partial charge in [-0.15, -0.1) is 11.3 Å². The zero-order chi connectivity index (χ0) is 17.4. The molecule has 3 rings (SSSR count). The van der Waals surface area contributed by atoms with Gasteiger partial charge in [0.25, 0.3) is 11.8 Å². The first kappa shape index (κ1) is 16.7. The van der Waals surface area contributed by atoms with Gasteiger partial charge in [0.2, 0.25) is 0 Å². The van der Waals surface area contributed by atoms with Gasteiger partial charge in [-0.05, 0) is 67.9 Å². The number of fused-ring (bicyclic) bond motifs is 1. The SMILES string of the molecule is Cc1ccc(C(=O)Nc2sc3c(c2C(N)=O)CC(C)CC3)cc1C. The van der Waals surface area contributed by atoms with Crippen LogP contribution >= 0.6 is 11.3 Å². The Balaban J connectivity index is 1.93. The minimum atomic E-state index is -0.461. The second kappa shape index (κ2) is 6.40. The summed E-state index contributed by atoms with van der Waals surface area (Å²) in [5.41, 5.74) is 9.93. The molecule has 0 spiro atoms. The second-order valence-electron chi connectivity index (χ2n) is 6.67. The first-order valence-corrected chi connectivity index (χ1v) is 9.01. The Hall–Kier alpha value is -2.14. The predicted octanol–water partition coefficient (Wildman–Crippen LogP) is 3.84. The molecule has 1 aliphatic carbocycles. The minimum absolute atomic E-state index is 0.202. The zero-order valence-corrected chi connectivity index (χ0v) is 15.0. The van der Waals surface area contributed by atoms with Crippen LogP contribution in [0, 0.1) is 19.8 Å². The molecule has 0 bridgehead atoms. The highest BCUT2D eigenvalue weighted by atomic mass is 32.1. The summed E-state index contributed by atoms with van der Waals surface area (Å²) < 4.78 is 0. The summed E-state index contributed by atoms with van der Waals surface area (Å²) in [5, 5.41) is 3.49. The molecular weight excluding hydrogens is 320 g/mol. The Morgan fingerprint density at radius 3 is 2.67 bits per heavy atom. The third kappa shape index (κ3) is 3.08. The highest BCUT2D eigenvalue weighted by Gasteiger charge is 2.27. The number of carbonyl (C=O) groups excluding carboxylic acids is 2. The number of amides is 2. The average Bonchev–Trinajstić information content (AvgIpc) is 2.87. The second-order valence-corrected chi connectivity index (χ2v) is 7.78. The molecule has 1 aliphatic rings. The fraction of sp³-hybridized carbons (Fsp3) is 0.368. The molecule has 126 valence electrons. The molecule has 2 amide bonds. The summed E-state index contributed by atoms with van der Waals surface area (Å²) in [5.74, 6) is -0.127. The molecule has 0 fully saturated rings. The van der Waals surface area contributed by atoms with Gasteiger partial charge in [0, 0.05) is 10.4 Å². The fourth-order valence-electron chi connectivity index (χ4n) is 3.16. The first-order chi connectivity index (χ1) is 11.4. The molecule has 0 radical (unpaired) electrons. The summed E-state index contributed by atoms with van der Waals surface area (Å²) in [6.07, 6.45) is 2.90. The van der Waals surface area contributed by atoms with Gasteiger partial charge in [-0.2, -0.15) is 0 Å². The van der Waals surface area contributed by atoms with E-state index < -0.39 is 5.91 Å². The Labute approximate surface area is 146 Å². The van der Waals surface area contributed by atoms with Crippen molar-refractivity contribution in [3.05, 3.63) is 50.9 Å². The van der Waals surface area contributed by atoms with Crippen molar-refractivity contribution in [3.63, 3.8) is 0 Å². The van der Waals surface area contributed by atoms with Crippen LogP contribution in [0.1, 0.15) is 55.6 Å². The predicted molar refractivity (Wildman–Crippen MR) is 97.9 cm³/mol. The topological polar surface area (TPSA) is 72.2 Å². The number of hydrogen-bond donors (Lipinski definition) is 2. The van der Waals surface area contributed by atoms with Crippen LogP contribution in [0.4, 0.5) is 5.00 Å². The highest BCUT2D eigenvalue weighted by Crippen LogP contribution is 2.39. The van der Waals surface area contributed by atoms with E-state index >= 15 is 0 Å². The maximum atomic E-state index is 12.6. The number of nitrogens with one attached hydrogen (secondary N) is 1. The van der Waals surface area contributed by atoms with Crippen molar-refractivity contribution in [1.82, 2.24) is 0 Å². The van der Waals surface area contributed by atoms with E-state index in [1.54, 1.807) is 6.07 Å². The Morgan fingerprint density at radius 2 is 2.00 bits per heavy atom. The number of thiophene rings is 1. The number of rotatable bonds is 3. The van der Waals surface area contributed by atoms with Crippen LogP contribution in [0.3, 0.4) is 0 Å². The average molecular weight is 342 g/mol. The van der Waals surface area contributed by atoms with E-state index in [2.05, 4.69) is 12.2 Å². The molecule has 1 aromatic heterocycles. The molecule has 3 N–H and O–H groups in total. The monoisotopic (exact) mass is 342 g/mol. The molecular formula is C19H22N2O2S. The van der Waals surface area contributed by atoms with E-state index in [4.69, 9.17) is 5.73 Å². The molecule has 0 aliphatic heterocycles. The lowest BCUT2D eigenvalue weighted by Crippen LogP contribution is -2.20. The lowest BCUT2D eigenvalue weighted by atomic mass is 9.87. The van der Waals surface area contributed by atoms with Crippen LogP contribution in [0.5, 0.6) is 0 Å². The molecule has 1 unspecified atom stereocenters. The van der Waals surface area contributed by atoms with Crippen LogP contribution < -0.4 is 11.1 Å². The lowest BCUT2D eigenvalue weighted by Gasteiger charge is -2.18. The third-order valence-electron chi connectivity index (χ3n) is 4.75. The van der Waals surface area contributed by atoms with Gasteiger partial charge in [0.1, 0.15) is 5.00 Å². The smallest absolute Gasteiger partial charge is 0.256 e. The summed E-state index contributed by atoms with van der Waals surface area (Å²) >= 11 is 1.49. The van der Waals surface area contributed by atoms with Crippen LogP contribution in [0.25, 0.3) is 0 Å². The van der Waals surface area contributed by atoms with Crippen molar-refractivity contribution >= 4 is 28.2 Å². The van der Waals surface area contributed by atoms with Crippen molar-refractivity contribution in [2.24, 2.45) is 11.7 Å². The van der Waals surface area contributed by atoms with Crippen molar-refractivity contribution in [1.29, 1.82) is 0 Å². The number of hydrogen-bond acceptors (Lipinski definition) is 3. The Morgan fingerprint density at radius 1 is 1.25 bits per heavy atom. The Kier molecular flexibility index (Phi) is 4.45. The molecule has 0 saturated heterocycles. The summed E-state index contributed by atoms with van der Waals surface area (Å²) in [6, 6.07) is 5.60. The molecule has 4 nitrogen and oxygen atoms in total. The number of anilines is 1. The summed E-state index contributed by atoms with van der Waals surface area (Å²) in [6.45, 7) is 6.17. The van der Waals surface area contributed by atoms with Crippen molar-refractivity contribution < 1.29 is 9.59 Å². The van der Waals surface area contributed by atoms with Crippen LogP contribution in [0.2, 0.25) is 0 Å². The van der Waals surface area contributed by atoms with Crippen molar-refractivity contribution in [3.8, 4) is 0 Å². The maximum absolute atomic E-state index is 12.6. The first-order valence-electron chi connectivity index (χ1n) is 8.19. The van der Waals surface area contributed by atoms with Crippen LogP contribution in [-0.4, -0.2) is 11.8 Å². The molecule has 1 atom stereocenters. The Bertz CT molecular complexity index is 823. The minimum Gasteiger partial charge on any atom is -0.365 e. The van der Waals surface area contributed by atoms with E-state index in [1.807, 2.05) is 26.0 Å². The normalized spacial score (nSPS) is 16.5. The van der Waals surface area contributed by atoms with Gasteiger partial charge < -0.3 is 11.1 Å². The molecule has 2 aromatic rings. The van der Waals surface area contributed by atoms with E-state index in [0.717, 1.165) is 36.0 Å². The molecule has 1 heterocycles. The maximum Gasteiger partial charge on any atom is 0.256 e.